The van der Waals surface area contributed by atoms with Crippen LogP contribution in [0.4, 0.5) is 0 Å². The summed E-state index contributed by atoms with van der Waals surface area (Å²) < 4.78 is 20.2. The van der Waals surface area contributed by atoms with Gasteiger partial charge < -0.3 is 34.7 Å². The lowest BCUT2D eigenvalue weighted by molar-refractivity contribution is -0.133. The molecule has 1 fully saturated rings. The molecule has 1 saturated heterocycles. The predicted molar refractivity (Wildman–Crippen MR) is 70.0 cm³/mol. The molecule has 4 atom stereocenters. The number of nitrogens with zero attached hydrogens (tertiary/aromatic N) is 1. The number of aliphatic carboxylic acids is 1. The first-order valence-corrected chi connectivity index (χ1v) is 7.82. The zero-order valence-electron chi connectivity index (χ0n) is 11.2. The summed E-state index contributed by atoms with van der Waals surface area (Å²) in [5.74, 6) is -1.12. The number of carboxylic acid groups (broad SMARTS) is 1. The molecular weight excluding hydrogens is 321 g/mol. The van der Waals surface area contributed by atoms with Crippen molar-refractivity contribution in [2.24, 2.45) is 0 Å². The van der Waals surface area contributed by atoms with Crippen LogP contribution in [0.1, 0.15) is 6.42 Å². The van der Waals surface area contributed by atoms with Gasteiger partial charge in [0.05, 0.1) is 12.2 Å². The number of hydrogen-bond acceptors (Lipinski definition) is 7. The van der Waals surface area contributed by atoms with Gasteiger partial charge in [-0.1, -0.05) is 6.08 Å². The number of hydrogen-bond donors (Lipinski definition) is 5. The Kier molecular flexibility index (Phi) is 5.03. The maximum atomic E-state index is 10.9. The van der Waals surface area contributed by atoms with Crippen molar-refractivity contribution in [3.05, 3.63) is 24.0 Å². The van der Waals surface area contributed by atoms with Crippen LogP contribution in [0, 0.1) is 0 Å². The Hall–Kier alpha value is -1.26. The fraction of sp³-hybridized carbons (Fsp3) is 0.545. The average Bonchev–Trinajstić information content (AvgIpc) is 2.72. The van der Waals surface area contributed by atoms with E-state index in [2.05, 4.69) is 4.52 Å². The highest BCUT2D eigenvalue weighted by atomic mass is 31.2. The Morgan fingerprint density at radius 3 is 2.68 bits per heavy atom. The lowest BCUT2D eigenvalue weighted by Crippen LogP contribution is -2.40. The van der Waals surface area contributed by atoms with E-state index in [1.54, 1.807) is 6.08 Å². The van der Waals surface area contributed by atoms with E-state index >= 15 is 0 Å². The molecule has 2 aliphatic heterocycles. The van der Waals surface area contributed by atoms with E-state index in [0.717, 1.165) is 0 Å². The third-order valence-corrected chi connectivity index (χ3v) is 3.72. The van der Waals surface area contributed by atoms with E-state index in [0.29, 0.717) is 0 Å². The van der Waals surface area contributed by atoms with Crippen LogP contribution in [0.3, 0.4) is 0 Å². The highest BCUT2D eigenvalue weighted by Gasteiger charge is 2.45. The van der Waals surface area contributed by atoms with Gasteiger partial charge in [-0.3, -0.25) is 4.52 Å². The molecule has 22 heavy (non-hydrogen) atoms. The molecule has 2 aliphatic rings. The number of carbonyl (C=O) groups is 1. The van der Waals surface area contributed by atoms with Crippen LogP contribution in [-0.2, 0) is 18.6 Å². The minimum absolute atomic E-state index is 0.0720. The molecule has 0 saturated carbocycles. The molecule has 0 spiro atoms. The fourth-order valence-electron chi connectivity index (χ4n) is 2.16. The first-order valence-electron chi connectivity index (χ1n) is 6.29. The lowest BCUT2D eigenvalue weighted by atomic mass is 10.1. The smallest absolute Gasteiger partial charge is 0.469 e. The van der Waals surface area contributed by atoms with E-state index in [1.165, 1.54) is 17.3 Å². The quantitative estimate of drug-likeness (QED) is 0.383. The van der Waals surface area contributed by atoms with E-state index in [-0.39, 0.29) is 12.0 Å². The molecule has 0 radical (unpaired) electrons. The predicted octanol–water partition coefficient (Wildman–Crippen LogP) is -1.27. The summed E-state index contributed by atoms with van der Waals surface area (Å²) in [6.45, 7) is -0.619. The van der Waals surface area contributed by atoms with Gasteiger partial charge in [0.1, 0.15) is 18.3 Å². The minimum Gasteiger partial charge on any atom is -0.478 e. The summed E-state index contributed by atoms with van der Waals surface area (Å²) in [7, 11) is -4.73. The Balaban J connectivity index is 2.06. The van der Waals surface area contributed by atoms with Crippen LogP contribution in [0.25, 0.3) is 0 Å². The molecule has 0 aliphatic carbocycles. The van der Waals surface area contributed by atoms with E-state index in [4.69, 9.17) is 19.6 Å². The second-order valence-electron chi connectivity index (χ2n) is 4.83. The minimum atomic E-state index is -4.73. The molecule has 0 aromatic carbocycles. The molecule has 0 amide bonds. The third kappa shape index (κ3) is 3.93. The summed E-state index contributed by atoms with van der Waals surface area (Å²) in [6, 6.07) is 0. The van der Waals surface area contributed by atoms with Crippen molar-refractivity contribution < 1.29 is 43.7 Å². The van der Waals surface area contributed by atoms with Gasteiger partial charge in [0.15, 0.2) is 6.23 Å². The number of ether oxygens (including phenoxy) is 1. The summed E-state index contributed by atoms with van der Waals surface area (Å²) >= 11 is 0. The Morgan fingerprint density at radius 2 is 2.09 bits per heavy atom. The third-order valence-electron chi connectivity index (χ3n) is 3.23. The van der Waals surface area contributed by atoms with Crippen LogP contribution < -0.4 is 0 Å². The zero-order chi connectivity index (χ0) is 16.5. The van der Waals surface area contributed by atoms with Gasteiger partial charge in [-0.2, -0.15) is 0 Å². The number of carboxylic acids is 1. The fourth-order valence-corrected chi connectivity index (χ4v) is 2.50. The first kappa shape index (κ1) is 17.1. The average molecular weight is 337 g/mol. The van der Waals surface area contributed by atoms with Crippen LogP contribution in [-0.4, -0.2) is 67.1 Å². The molecule has 124 valence electrons. The molecule has 11 heteroatoms. The van der Waals surface area contributed by atoms with Crippen molar-refractivity contribution in [2.75, 3.05) is 6.61 Å². The van der Waals surface area contributed by atoms with Crippen molar-refractivity contribution in [1.29, 1.82) is 0 Å². The molecule has 2 unspecified atom stereocenters. The number of allylic oxidation sites excluding steroid dienone is 1. The van der Waals surface area contributed by atoms with Gasteiger partial charge in [0.25, 0.3) is 0 Å². The summed E-state index contributed by atoms with van der Waals surface area (Å²) in [5, 5.41) is 28.7. The molecule has 0 aromatic rings. The van der Waals surface area contributed by atoms with Crippen molar-refractivity contribution in [1.82, 2.24) is 4.90 Å². The molecule has 10 nitrogen and oxygen atoms in total. The van der Waals surface area contributed by atoms with Gasteiger partial charge in [-0.25, -0.2) is 9.36 Å². The maximum absolute atomic E-state index is 10.9. The zero-order valence-corrected chi connectivity index (χ0v) is 12.1. The maximum Gasteiger partial charge on any atom is 0.469 e. The van der Waals surface area contributed by atoms with Crippen LogP contribution in [0.5, 0.6) is 0 Å². The van der Waals surface area contributed by atoms with Crippen molar-refractivity contribution >= 4 is 13.8 Å². The second-order valence-corrected chi connectivity index (χ2v) is 6.07. The Morgan fingerprint density at radius 1 is 1.41 bits per heavy atom. The highest BCUT2D eigenvalue weighted by molar-refractivity contribution is 7.46. The van der Waals surface area contributed by atoms with Crippen LogP contribution >= 0.6 is 7.82 Å². The molecule has 2 heterocycles. The summed E-state index contributed by atoms with van der Waals surface area (Å²) in [6.07, 6.45) is -0.592. The highest BCUT2D eigenvalue weighted by Crippen LogP contribution is 2.37. The SMILES string of the molecule is O=C(O)C1=CN([C@@H]2O[C@H](COP(=O)(O)O)C(O)C2O)C=CC1. The first-order chi connectivity index (χ1) is 10.2. The summed E-state index contributed by atoms with van der Waals surface area (Å²) in [5.41, 5.74) is 0.0720. The second kappa shape index (κ2) is 6.47. The van der Waals surface area contributed by atoms with Crippen molar-refractivity contribution in [3.63, 3.8) is 0 Å². The van der Waals surface area contributed by atoms with E-state index in [1.807, 2.05) is 0 Å². The monoisotopic (exact) mass is 337 g/mol. The number of rotatable bonds is 5. The molecule has 2 rings (SSSR count). The van der Waals surface area contributed by atoms with Gasteiger partial charge in [0, 0.05) is 18.8 Å². The summed E-state index contributed by atoms with van der Waals surface area (Å²) in [4.78, 5) is 29.5. The van der Waals surface area contributed by atoms with Gasteiger partial charge in [-0.15, -0.1) is 0 Å². The van der Waals surface area contributed by atoms with Crippen molar-refractivity contribution in [3.8, 4) is 0 Å². The van der Waals surface area contributed by atoms with Gasteiger partial charge in [-0.05, 0) is 0 Å². The normalized spacial score (nSPS) is 32.2. The van der Waals surface area contributed by atoms with Crippen molar-refractivity contribution in [2.45, 2.75) is 31.0 Å². The standard InChI is InChI=1S/C11H16NO9P/c13-8-7(5-20-22(17,18)19)21-10(9(8)14)12-3-1-2-6(4-12)11(15)16/h1,3-4,7-10,13-14H,2,5H2,(H,15,16)(H2,17,18,19)/t7-,8?,9?,10-/m1/s1. The molecule has 5 N–H and O–H groups in total. The molecular formula is C11H16NO9P. The Labute approximate surface area is 125 Å². The number of aliphatic hydroxyl groups excluding tert-OH is 2. The Bertz CT molecular complexity index is 542. The van der Waals surface area contributed by atoms with Gasteiger partial charge in [0.2, 0.25) is 0 Å². The van der Waals surface area contributed by atoms with E-state index < -0.39 is 44.9 Å². The number of phosphoric acid groups is 1. The lowest BCUT2D eigenvalue weighted by Gasteiger charge is -2.28. The van der Waals surface area contributed by atoms with Crippen LogP contribution in [0.2, 0.25) is 0 Å². The van der Waals surface area contributed by atoms with Gasteiger partial charge >= 0.3 is 13.8 Å². The molecule has 0 aromatic heterocycles. The molecule has 0 bridgehead atoms. The van der Waals surface area contributed by atoms with Crippen LogP contribution in [0.15, 0.2) is 24.0 Å². The number of phosphoric ester groups is 1. The largest absolute Gasteiger partial charge is 0.478 e. The van der Waals surface area contributed by atoms with E-state index in [9.17, 15) is 19.6 Å². The topological polar surface area (TPSA) is 157 Å². The number of aliphatic hydroxyl groups is 2.